The summed E-state index contributed by atoms with van der Waals surface area (Å²) < 4.78 is 0. The normalized spacial score (nSPS) is 41.5. The van der Waals surface area contributed by atoms with E-state index >= 15 is 0 Å². The topological polar surface area (TPSA) is 48.1 Å². The van der Waals surface area contributed by atoms with Gasteiger partial charge in [-0.15, -0.1) is 0 Å². The van der Waals surface area contributed by atoms with Gasteiger partial charge in [-0.25, -0.2) is 0 Å². The van der Waals surface area contributed by atoms with Crippen molar-refractivity contribution >= 4 is 0 Å². The SMILES string of the molecule is CC1C=CCC(C2=CCC(C3NC(C4=CCCC=C4)NC(C4C=CC=CC4)N3)CC2C2CC=C3C4=C(CCC=C4)C(C)(C)C3C2)N1. The summed E-state index contributed by atoms with van der Waals surface area (Å²) in [4.78, 5) is 0. The molecular weight excluding hydrogens is 560 g/mol. The molecule has 6 aliphatic carbocycles. The van der Waals surface area contributed by atoms with E-state index in [1.54, 1.807) is 22.3 Å². The minimum absolute atomic E-state index is 0.187. The van der Waals surface area contributed by atoms with Crippen molar-refractivity contribution in [3.05, 3.63) is 107 Å². The Morgan fingerprint density at radius 1 is 0.717 bits per heavy atom. The smallest absolute Gasteiger partial charge is 0.0856 e. The second kappa shape index (κ2) is 12.8. The summed E-state index contributed by atoms with van der Waals surface area (Å²) in [6, 6.07) is 0.907. The van der Waals surface area contributed by atoms with Crippen LogP contribution in [0.5, 0.6) is 0 Å². The number of nitrogens with one attached hydrogen (secondary N) is 4. The molecule has 46 heavy (non-hydrogen) atoms. The maximum absolute atomic E-state index is 4.13. The molecule has 0 spiro atoms. The van der Waals surface area contributed by atoms with Crippen molar-refractivity contribution in [1.29, 1.82) is 0 Å². The van der Waals surface area contributed by atoms with Crippen molar-refractivity contribution in [2.75, 3.05) is 0 Å². The first-order valence-corrected chi connectivity index (χ1v) is 18.7. The average Bonchev–Trinajstić information content (AvgIpc) is 3.34. The lowest BCUT2D eigenvalue weighted by Gasteiger charge is -2.48. The van der Waals surface area contributed by atoms with Gasteiger partial charge in [-0.1, -0.05) is 104 Å². The first-order chi connectivity index (χ1) is 22.5. The second-order valence-corrected chi connectivity index (χ2v) is 16.0. The maximum Gasteiger partial charge on any atom is 0.0856 e. The Morgan fingerprint density at radius 2 is 1.59 bits per heavy atom. The third kappa shape index (κ3) is 5.78. The van der Waals surface area contributed by atoms with Gasteiger partial charge in [0, 0.05) is 18.0 Å². The maximum atomic E-state index is 4.13. The minimum Gasteiger partial charge on any atom is -0.304 e. The molecule has 10 unspecified atom stereocenters. The fourth-order valence-corrected chi connectivity index (χ4v) is 10.4. The Morgan fingerprint density at radius 3 is 2.41 bits per heavy atom. The van der Waals surface area contributed by atoms with E-state index in [0.29, 0.717) is 41.7 Å². The number of allylic oxidation sites excluding steroid dienone is 12. The van der Waals surface area contributed by atoms with Crippen molar-refractivity contribution in [2.24, 2.45) is 35.0 Å². The number of hydrogen-bond acceptors (Lipinski definition) is 4. The predicted molar refractivity (Wildman–Crippen MR) is 192 cm³/mol. The van der Waals surface area contributed by atoms with Crippen LogP contribution in [0, 0.1) is 35.0 Å². The van der Waals surface area contributed by atoms with Gasteiger partial charge in [0.25, 0.3) is 0 Å². The Balaban J connectivity index is 1.08. The van der Waals surface area contributed by atoms with Crippen molar-refractivity contribution < 1.29 is 0 Å². The van der Waals surface area contributed by atoms with Gasteiger partial charge in [0.15, 0.2) is 0 Å². The molecule has 0 amide bonds. The Kier molecular flexibility index (Phi) is 8.60. The molecular formula is C42H56N4. The van der Waals surface area contributed by atoms with Crippen molar-refractivity contribution in [1.82, 2.24) is 21.3 Å². The summed E-state index contributed by atoms with van der Waals surface area (Å²) in [6.45, 7) is 7.42. The van der Waals surface area contributed by atoms with Crippen LogP contribution in [0.4, 0.5) is 0 Å². The van der Waals surface area contributed by atoms with E-state index in [1.807, 2.05) is 0 Å². The van der Waals surface area contributed by atoms with E-state index in [4.69, 9.17) is 0 Å². The number of hydrogen-bond donors (Lipinski definition) is 4. The Labute approximate surface area is 278 Å². The fourth-order valence-electron chi connectivity index (χ4n) is 10.4. The quantitative estimate of drug-likeness (QED) is 0.236. The fraction of sp³-hybridized carbons (Fsp3) is 0.571. The van der Waals surface area contributed by atoms with E-state index in [9.17, 15) is 0 Å². The van der Waals surface area contributed by atoms with Crippen LogP contribution in [0.1, 0.15) is 85.0 Å². The molecule has 0 aromatic heterocycles. The molecule has 0 aromatic rings. The zero-order chi connectivity index (χ0) is 31.3. The molecule has 1 saturated heterocycles. The van der Waals surface area contributed by atoms with Crippen molar-refractivity contribution in [2.45, 2.75) is 116 Å². The highest BCUT2D eigenvalue weighted by atomic mass is 15.4. The molecule has 0 saturated carbocycles. The molecule has 4 nitrogen and oxygen atoms in total. The van der Waals surface area contributed by atoms with Crippen LogP contribution in [-0.2, 0) is 0 Å². The van der Waals surface area contributed by atoms with Gasteiger partial charge >= 0.3 is 0 Å². The number of fused-ring (bicyclic) bond motifs is 2. The monoisotopic (exact) mass is 616 g/mol. The first kappa shape index (κ1) is 30.8. The Bertz CT molecular complexity index is 1460. The zero-order valence-corrected chi connectivity index (χ0v) is 28.4. The molecule has 0 aromatic carbocycles. The summed E-state index contributed by atoms with van der Waals surface area (Å²) in [5.41, 5.74) is 8.40. The lowest BCUT2D eigenvalue weighted by atomic mass is 9.62. The summed E-state index contributed by atoms with van der Waals surface area (Å²) in [7, 11) is 0. The summed E-state index contributed by atoms with van der Waals surface area (Å²) in [5.74, 6) is 2.98. The molecule has 244 valence electrons. The Hall–Kier alpha value is -2.50. The zero-order valence-electron chi connectivity index (χ0n) is 28.4. The largest absolute Gasteiger partial charge is 0.304 e. The van der Waals surface area contributed by atoms with Crippen molar-refractivity contribution in [3.63, 3.8) is 0 Å². The highest BCUT2D eigenvalue weighted by Crippen LogP contribution is 2.59. The molecule has 0 bridgehead atoms. The molecule has 8 aliphatic rings. The summed E-state index contributed by atoms with van der Waals surface area (Å²) in [5, 5.41) is 16.2. The van der Waals surface area contributed by atoms with Crippen LogP contribution in [0.3, 0.4) is 0 Å². The van der Waals surface area contributed by atoms with Crippen molar-refractivity contribution in [3.8, 4) is 0 Å². The standard InChI is InChI=1S/C42H56N4/c1-27-13-12-20-38(43-27)34-24-22-31(25-35(34)30-21-23-33-32-18-10-11-19-36(32)42(2,3)37(33)26-30)41-45-39(28-14-6-4-7-15-28)44-40(46-41)29-16-8-5-9-17-29/h4,6-8,10,12-14,16-18,23-24,27-28,30-31,35,37-41,43-46H,5,9,11,15,19-22,25-26H2,1-3H3. The molecule has 2 heterocycles. The van der Waals surface area contributed by atoms with E-state index in [-0.39, 0.29) is 23.9 Å². The van der Waals surface area contributed by atoms with Crippen LogP contribution < -0.4 is 21.3 Å². The van der Waals surface area contributed by atoms with Crippen LogP contribution in [-0.4, -0.2) is 30.6 Å². The summed E-state index contributed by atoms with van der Waals surface area (Å²) >= 11 is 0. The van der Waals surface area contributed by atoms with Gasteiger partial charge in [-0.3, -0.25) is 16.0 Å². The molecule has 0 radical (unpaired) electrons. The lowest BCUT2D eigenvalue weighted by Crippen LogP contribution is -2.71. The summed E-state index contributed by atoms with van der Waals surface area (Å²) in [6.07, 6.45) is 44.0. The van der Waals surface area contributed by atoms with Gasteiger partial charge < -0.3 is 5.32 Å². The van der Waals surface area contributed by atoms with Crippen LogP contribution in [0.2, 0.25) is 0 Å². The second-order valence-electron chi connectivity index (χ2n) is 16.0. The van der Waals surface area contributed by atoms with Gasteiger partial charge in [0.2, 0.25) is 0 Å². The van der Waals surface area contributed by atoms with E-state index < -0.39 is 0 Å². The molecule has 1 fully saturated rings. The van der Waals surface area contributed by atoms with Crippen LogP contribution in [0.25, 0.3) is 0 Å². The van der Waals surface area contributed by atoms with Gasteiger partial charge in [-0.05, 0) is 117 Å². The van der Waals surface area contributed by atoms with Gasteiger partial charge in [0.05, 0.1) is 18.5 Å². The molecule has 8 rings (SSSR count). The van der Waals surface area contributed by atoms with E-state index in [0.717, 1.165) is 32.1 Å². The highest BCUT2D eigenvalue weighted by Gasteiger charge is 2.49. The van der Waals surface area contributed by atoms with Crippen LogP contribution >= 0.6 is 0 Å². The molecule has 2 aliphatic heterocycles. The predicted octanol–water partition coefficient (Wildman–Crippen LogP) is 8.05. The molecule has 4 N–H and O–H groups in total. The van der Waals surface area contributed by atoms with Gasteiger partial charge in [0.1, 0.15) is 0 Å². The lowest BCUT2D eigenvalue weighted by molar-refractivity contribution is 0.114. The highest BCUT2D eigenvalue weighted by molar-refractivity contribution is 5.55. The number of rotatable bonds is 5. The molecule has 10 atom stereocenters. The van der Waals surface area contributed by atoms with E-state index in [1.165, 1.54) is 37.7 Å². The average molecular weight is 617 g/mol. The molecule has 4 heteroatoms. The minimum atomic E-state index is 0.187. The third-order valence-corrected chi connectivity index (χ3v) is 12.9. The van der Waals surface area contributed by atoms with E-state index in [2.05, 4.69) is 121 Å². The van der Waals surface area contributed by atoms with Crippen LogP contribution in [0.15, 0.2) is 107 Å². The third-order valence-electron chi connectivity index (χ3n) is 12.9. The van der Waals surface area contributed by atoms with Gasteiger partial charge in [-0.2, -0.15) is 0 Å². The first-order valence-electron chi connectivity index (χ1n) is 18.7.